The average Bonchev–Trinajstić information content (AvgIpc) is 3.22. The van der Waals surface area contributed by atoms with Gasteiger partial charge in [-0.05, 0) is 51.2 Å². The Balaban J connectivity index is 1.32. The second-order valence-electron chi connectivity index (χ2n) is 10.7. The zero-order chi connectivity index (χ0) is 22.9. The van der Waals surface area contributed by atoms with Crippen molar-refractivity contribution in [2.45, 2.75) is 89.5 Å². The van der Waals surface area contributed by atoms with Gasteiger partial charge >= 0.3 is 0 Å². The molecule has 4 atom stereocenters. The molecule has 1 aromatic carbocycles. The smallest absolute Gasteiger partial charge is 0.277 e. The molecule has 5 rings (SSSR count). The largest absolute Gasteiger partial charge is 0.351 e. The minimum atomic E-state index is -0.774. The maximum absolute atomic E-state index is 13.3. The standard InChI is InChI=1S/C24H34N2O6/c1-22(2)10-11-26-18-14(22)8-7-9-15(18)25-20(21(26)27)28-12-16-19(32-24(5,6)31-16)17-13-29-23(3,4)30-17/h7-9,16-17,19-20,25H,10-13H2,1-6H3/t16-,17+,19-,20?/m0/s1. The quantitative estimate of drug-likeness (QED) is 0.761. The van der Waals surface area contributed by atoms with E-state index in [9.17, 15) is 4.79 Å². The summed E-state index contributed by atoms with van der Waals surface area (Å²) in [7, 11) is 0. The van der Waals surface area contributed by atoms with E-state index in [4.69, 9.17) is 23.7 Å². The topological polar surface area (TPSA) is 78.5 Å². The minimum absolute atomic E-state index is 0.0302. The molecule has 0 saturated carbocycles. The van der Waals surface area contributed by atoms with Gasteiger partial charge < -0.3 is 33.9 Å². The van der Waals surface area contributed by atoms with Gasteiger partial charge in [0.05, 0.1) is 24.6 Å². The number of nitrogens with zero attached hydrogens (tertiary/aromatic N) is 1. The second-order valence-corrected chi connectivity index (χ2v) is 10.7. The lowest BCUT2D eigenvalue weighted by Gasteiger charge is -2.44. The third-order valence-corrected chi connectivity index (χ3v) is 6.82. The lowest BCUT2D eigenvalue weighted by atomic mass is 9.77. The fourth-order valence-electron chi connectivity index (χ4n) is 5.19. The third kappa shape index (κ3) is 3.82. The summed E-state index contributed by atoms with van der Waals surface area (Å²) in [6, 6.07) is 6.15. The van der Waals surface area contributed by atoms with Gasteiger partial charge in [0.2, 0.25) is 6.23 Å². The summed E-state index contributed by atoms with van der Waals surface area (Å²) in [4.78, 5) is 15.2. The maximum atomic E-state index is 13.3. The molecule has 0 aliphatic carbocycles. The molecule has 0 aromatic heterocycles. The van der Waals surface area contributed by atoms with Crippen LogP contribution in [0, 0.1) is 0 Å². The number of benzene rings is 1. The van der Waals surface area contributed by atoms with Crippen LogP contribution in [-0.4, -0.2) is 61.8 Å². The van der Waals surface area contributed by atoms with Crippen LogP contribution < -0.4 is 10.2 Å². The van der Waals surface area contributed by atoms with Gasteiger partial charge in [0.25, 0.3) is 5.91 Å². The van der Waals surface area contributed by atoms with Crippen molar-refractivity contribution in [2.75, 3.05) is 30.0 Å². The first-order chi connectivity index (χ1) is 15.0. The molecule has 1 N–H and O–H groups in total. The van der Waals surface area contributed by atoms with E-state index in [0.29, 0.717) is 13.2 Å². The van der Waals surface area contributed by atoms with E-state index in [1.165, 1.54) is 5.56 Å². The summed E-state index contributed by atoms with van der Waals surface area (Å²) in [6.07, 6.45) is -0.852. The van der Waals surface area contributed by atoms with E-state index >= 15 is 0 Å². The number of para-hydroxylation sites is 1. The van der Waals surface area contributed by atoms with Gasteiger partial charge in [-0.3, -0.25) is 4.79 Å². The van der Waals surface area contributed by atoms with Gasteiger partial charge in [-0.25, -0.2) is 0 Å². The predicted molar refractivity (Wildman–Crippen MR) is 119 cm³/mol. The second kappa shape index (κ2) is 7.40. The van der Waals surface area contributed by atoms with Crippen molar-refractivity contribution in [2.24, 2.45) is 0 Å². The molecule has 4 aliphatic rings. The highest BCUT2D eigenvalue weighted by atomic mass is 16.8. The Hall–Kier alpha value is -1.71. The Bertz CT molecular complexity index is 914. The van der Waals surface area contributed by atoms with Gasteiger partial charge in [0, 0.05) is 6.54 Å². The molecular weight excluding hydrogens is 412 g/mol. The lowest BCUT2D eigenvalue weighted by Crippen LogP contribution is -2.53. The molecule has 2 fully saturated rings. The van der Waals surface area contributed by atoms with Crippen LogP contribution >= 0.6 is 0 Å². The number of ether oxygens (including phenoxy) is 5. The van der Waals surface area contributed by atoms with E-state index in [-0.39, 0.29) is 36.2 Å². The number of nitrogens with one attached hydrogen (secondary N) is 1. The average molecular weight is 447 g/mol. The fourth-order valence-corrected chi connectivity index (χ4v) is 5.19. The highest BCUT2D eigenvalue weighted by molar-refractivity contribution is 6.05. The van der Waals surface area contributed by atoms with Crippen LogP contribution in [0.3, 0.4) is 0 Å². The Morgan fingerprint density at radius 1 is 1.09 bits per heavy atom. The molecule has 0 bridgehead atoms. The molecule has 1 amide bonds. The zero-order valence-electron chi connectivity index (χ0n) is 19.8. The fraction of sp³-hybridized carbons (Fsp3) is 0.708. The Kier molecular flexibility index (Phi) is 5.11. The van der Waals surface area contributed by atoms with Crippen LogP contribution in [0.25, 0.3) is 0 Å². The Morgan fingerprint density at radius 3 is 2.59 bits per heavy atom. The van der Waals surface area contributed by atoms with Gasteiger partial charge in [-0.2, -0.15) is 0 Å². The number of hydrogen-bond donors (Lipinski definition) is 1. The van der Waals surface area contributed by atoms with Crippen LogP contribution in [-0.2, 0) is 33.9 Å². The summed E-state index contributed by atoms with van der Waals surface area (Å²) < 4.78 is 30.1. The summed E-state index contributed by atoms with van der Waals surface area (Å²) in [5, 5.41) is 3.30. The number of rotatable bonds is 4. The van der Waals surface area contributed by atoms with Crippen LogP contribution in [0.2, 0.25) is 0 Å². The van der Waals surface area contributed by atoms with Crippen molar-refractivity contribution in [1.29, 1.82) is 0 Å². The molecule has 8 heteroatoms. The molecular formula is C24H34N2O6. The highest BCUT2D eigenvalue weighted by Crippen LogP contribution is 2.46. The van der Waals surface area contributed by atoms with E-state index < -0.39 is 17.8 Å². The molecule has 2 saturated heterocycles. The van der Waals surface area contributed by atoms with Crippen LogP contribution in [0.4, 0.5) is 11.4 Å². The molecule has 8 nitrogen and oxygen atoms in total. The van der Waals surface area contributed by atoms with Gasteiger partial charge in [0.1, 0.15) is 18.3 Å². The van der Waals surface area contributed by atoms with Crippen molar-refractivity contribution in [3.63, 3.8) is 0 Å². The Morgan fingerprint density at radius 2 is 1.88 bits per heavy atom. The third-order valence-electron chi connectivity index (χ3n) is 6.82. The molecule has 0 spiro atoms. The van der Waals surface area contributed by atoms with Crippen molar-refractivity contribution in [3.8, 4) is 0 Å². The molecule has 32 heavy (non-hydrogen) atoms. The zero-order valence-corrected chi connectivity index (χ0v) is 19.8. The molecule has 4 aliphatic heterocycles. The molecule has 176 valence electrons. The van der Waals surface area contributed by atoms with Gasteiger partial charge in [-0.1, -0.05) is 26.0 Å². The summed E-state index contributed by atoms with van der Waals surface area (Å²) >= 11 is 0. The predicted octanol–water partition coefficient (Wildman–Crippen LogP) is 3.14. The van der Waals surface area contributed by atoms with E-state index in [1.54, 1.807) is 0 Å². The first-order valence-corrected chi connectivity index (χ1v) is 11.5. The van der Waals surface area contributed by atoms with Crippen molar-refractivity contribution in [3.05, 3.63) is 23.8 Å². The molecule has 1 aromatic rings. The molecule has 4 heterocycles. The van der Waals surface area contributed by atoms with Crippen molar-refractivity contribution >= 4 is 17.3 Å². The summed E-state index contributed by atoms with van der Waals surface area (Å²) in [6.45, 7) is 13.3. The van der Waals surface area contributed by atoms with Crippen molar-refractivity contribution < 1.29 is 28.5 Å². The normalized spacial score (nSPS) is 34.3. The maximum Gasteiger partial charge on any atom is 0.277 e. The van der Waals surface area contributed by atoms with Crippen molar-refractivity contribution in [1.82, 2.24) is 0 Å². The number of anilines is 2. The van der Waals surface area contributed by atoms with Gasteiger partial charge in [-0.15, -0.1) is 0 Å². The Labute approximate surface area is 189 Å². The number of amides is 1. The van der Waals surface area contributed by atoms with Crippen LogP contribution in [0.1, 0.15) is 53.5 Å². The van der Waals surface area contributed by atoms with Crippen LogP contribution in [0.15, 0.2) is 18.2 Å². The lowest BCUT2D eigenvalue weighted by molar-refractivity contribution is -0.175. The van der Waals surface area contributed by atoms with E-state index in [2.05, 4.69) is 25.2 Å². The SMILES string of the molecule is CC1(C)O[C@H]([C@H]2COC(C)(C)O2)[C@H](COC2Nc3cccc4c3N(CCC4(C)C)C2=O)O1. The first kappa shape index (κ1) is 22.1. The van der Waals surface area contributed by atoms with E-state index in [0.717, 1.165) is 17.8 Å². The van der Waals surface area contributed by atoms with Crippen LogP contribution in [0.5, 0.6) is 0 Å². The molecule has 1 unspecified atom stereocenters. The highest BCUT2D eigenvalue weighted by Gasteiger charge is 2.50. The van der Waals surface area contributed by atoms with E-state index in [1.807, 2.05) is 44.7 Å². The van der Waals surface area contributed by atoms with Gasteiger partial charge in [0.15, 0.2) is 11.6 Å². The first-order valence-electron chi connectivity index (χ1n) is 11.5. The number of hydrogen-bond acceptors (Lipinski definition) is 7. The number of carbonyl (C=O) groups excluding carboxylic acids is 1. The summed E-state index contributed by atoms with van der Waals surface area (Å²) in [5.74, 6) is -1.49. The number of carbonyl (C=O) groups is 1. The molecule has 0 radical (unpaired) electrons. The minimum Gasteiger partial charge on any atom is -0.351 e. The monoisotopic (exact) mass is 446 g/mol. The summed E-state index contributed by atoms with van der Waals surface area (Å²) in [5.41, 5.74) is 3.12.